The second-order valence-corrected chi connectivity index (χ2v) is 39.3. The predicted molar refractivity (Wildman–Crippen MR) is 526 cm³/mol. The van der Waals surface area contributed by atoms with Crippen molar-refractivity contribution in [3.63, 3.8) is 0 Å². The van der Waals surface area contributed by atoms with E-state index in [-0.39, 0.29) is 72.7 Å². The van der Waals surface area contributed by atoms with E-state index < -0.39 is 16.7 Å². The summed E-state index contributed by atoms with van der Waals surface area (Å²) in [6.45, 7) is 8.53. The molecule has 4 radical (unpaired) electrons. The number of aryl methyl sites for hydroxylation is 2. The first-order chi connectivity index (χ1) is 63.5. The maximum Gasteiger partial charge on any atom is 0.181 e. The fourth-order valence-electron chi connectivity index (χ4n) is 18.8. The molecule has 13 nitrogen and oxygen atoms in total. The predicted octanol–water partition coefficient (Wildman–Crippen LogP) is 24.9. The van der Waals surface area contributed by atoms with Gasteiger partial charge in [-0.15, -0.1) is 132 Å². The van der Waals surface area contributed by atoms with E-state index in [1.165, 1.54) is 47.2 Å². The van der Waals surface area contributed by atoms with Gasteiger partial charge in [-0.1, -0.05) is 268 Å². The van der Waals surface area contributed by atoms with Gasteiger partial charge in [0.05, 0.1) is 48.2 Å². The average Bonchev–Trinajstić information content (AvgIpc) is 0.939. The number of nitrogens with zero attached hydrogens (tertiary/aromatic N) is 11. The van der Waals surface area contributed by atoms with E-state index >= 15 is 0 Å². The third-order valence-corrected chi connectivity index (χ3v) is 32.3. The molecule has 20 heteroatoms. The topological polar surface area (TPSA) is 94.4 Å². The number of fused-ring (bicyclic) bond motifs is 15. The first kappa shape index (κ1) is 85.8. The zero-order valence-electron chi connectivity index (χ0n) is 71.2. The van der Waals surface area contributed by atoms with Crippen molar-refractivity contribution in [2.24, 2.45) is 14.1 Å². The molecule has 0 saturated heterocycles. The van der Waals surface area contributed by atoms with Crippen molar-refractivity contribution in [2.45, 2.75) is 32.0 Å². The summed E-state index contributed by atoms with van der Waals surface area (Å²) in [5.74, 6) is 3.39. The zero-order chi connectivity index (χ0) is 86.1. The molecule has 4 aliphatic heterocycles. The van der Waals surface area contributed by atoms with Crippen LogP contribution in [0.2, 0.25) is 0 Å². The Balaban J connectivity index is 0.000000120. The fraction of sp³-hybridized carbons (Fsp3) is 0.0446. The van der Waals surface area contributed by atoms with Crippen LogP contribution in [0.3, 0.4) is 0 Å². The van der Waals surface area contributed by atoms with Crippen LogP contribution in [0.15, 0.2) is 394 Å². The number of pyridine rings is 3. The summed E-state index contributed by atoms with van der Waals surface area (Å²) in [6, 6.07) is 135. The van der Waals surface area contributed by atoms with Gasteiger partial charge in [0, 0.05) is 158 Å². The van der Waals surface area contributed by atoms with Crippen LogP contribution < -0.4 is 45.0 Å². The van der Waals surface area contributed by atoms with Crippen LogP contribution in [0.5, 0.6) is 11.5 Å². The summed E-state index contributed by atoms with van der Waals surface area (Å²) in [7, 11) is 4.07. The van der Waals surface area contributed by atoms with Gasteiger partial charge < -0.3 is 48.7 Å². The van der Waals surface area contributed by atoms with Crippen LogP contribution in [0.1, 0.15) is 23.7 Å². The van der Waals surface area contributed by atoms with Gasteiger partial charge in [0.2, 0.25) is 0 Å². The molecule has 0 N–H and O–H groups in total. The molecule has 132 heavy (non-hydrogen) atoms. The molecule has 0 saturated carbocycles. The minimum absolute atomic E-state index is 0. The smallest absolute Gasteiger partial charge is 0.181 e. The molecular weight excluding hydrogens is 1980 g/mol. The Hall–Kier alpha value is -12.9. The van der Waals surface area contributed by atoms with E-state index in [1.807, 2.05) is 114 Å². The standard InChI is InChI=1S/C45H35N5SSi.C34H21N3OPS.C33H18N3O.3Ag/c1-47-27-26-33-35(29-48(2)45(33)47)30-22-23-37-39(28-30)50(38-20-12-11-19-36(38)49(37)3)42-25-24-41-43(46-42)44(34-18-10-13-21-40(34)51-41)52(31-14-6-4-7-15-31)32-16-8-5-9-17-32;1-22(2)39-30-11-5-4-10-28(30)38-29-15-13-25(21-31(29)39)37-26-9-3-6-12-32(26)40-33-16-14-24(20-27(33)37)36-19-17-23-8-7-18-35-34(23)36;1-2-8-22(9-3-1)28-21-37-31-16-14-24(20-27(28)31)36-30-13-7-5-11-25(30)26-15-17-32(34-33(26)36)35-19-18-23-10-4-6-12-29(23)35;;;/h4-27,29,44H,1-3H3;1,3-19H,2H3;1-8,10-18,21H;;;/q-1;2*-3;;;. The SMILES string of the molecule is CN1c2ccc(-c3cn(C)c4c3[cH-]c[n+]4C)[c-]c2N(c2ccc3c(n2)C([Si](c2ccccc2)c2ccccc2)c2ccccc2S3)c2ccccc21.[Ag].[Ag].[Ag].[CH-]=C(C)P1c2[c-]c(N3c4[c-]c(-n5ccc6cccnc65)ccc4Sc4ccccc43)ccc2Oc2ccccc21.[c-]1ccccc1-c1coc2ccc(-n3c4ccccc4c4ccc(-n5[c-]cc6ccccc65)nc43)[c-]c12. The van der Waals surface area contributed by atoms with Crippen molar-refractivity contribution >= 4 is 173 Å². The Morgan fingerprint density at radius 3 is 2.06 bits per heavy atom. The quantitative estimate of drug-likeness (QED) is 0.0539. The van der Waals surface area contributed by atoms with Crippen molar-refractivity contribution in [1.82, 2.24) is 33.2 Å². The second kappa shape index (κ2) is 35.6. The molecule has 650 valence electrons. The third kappa shape index (κ3) is 14.8. The first-order valence-electron chi connectivity index (χ1n) is 42.7. The number of anilines is 8. The van der Waals surface area contributed by atoms with Gasteiger partial charge in [0.15, 0.2) is 5.65 Å². The molecule has 0 amide bonds. The molecule has 22 aromatic rings. The monoisotopic (exact) mass is 2050 g/mol. The Morgan fingerprint density at radius 2 is 1.23 bits per heavy atom. The van der Waals surface area contributed by atoms with Gasteiger partial charge in [-0.2, -0.15) is 17.8 Å². The molecule has 13 aromatic carbocycles. The zero-order valence-corrected chi connectivity index (χ0v) is 79.2. The summed E-state index contributed by atoms with van der Waals surface area (Å²) in [4.78, 5) is 27.3. The maximum atomic E-state index is 6.54. The molecule has 0 fully saturated rings. The van der Waals surface area contributed by atoms with E-state index in [2.05, 4.69) is 363 Å². The normalized spacial score (nSPS) is 13.6. The number of hydrogen-bond donors (Lipinski definition) is 0. The van der Waals surface area contributed by atoms with Gasteiger partial charge in [0.1, 0.15) is 31.7 Å². The van der Waals surface area contributed by atoms with Crippen LogP contribution in [-0.2, 0) is 81.2 Å². The minimum Gasteiger partial charge on any atom is -0.518 e. The largest absolute Gasteiger partial charge is 0.518 e. The van der Waals surface area contributed by atoms with E-state index in [0.717, 1.165) is 172 Å². The van der Waals surface area contributed by atoms with Crippen molar-refractivity contribution in [3.05, 3.63) is 424 Å². The molecule has 13 heterocycles. The molecule has 2 atom stereocenters. The molecule has 4 aliphatic rings. The summed E-state index contributed by atoms with van der Waals surface area (Å²) < 4.78 is 22.9. The summed E-state index contributed by atoms with van der Waals surface area (Å²) in [6.07, 6.45) is 13.4. The number of furan rings is 1. The number of allylic oxidation sites excluding steroid dienone is 1. The first-order valence-corrected chi connectivity index (χ1v) is 47.2. The number of rotatable bonds is 11. The van der Waals surface area contributed by atoms with Crippen molar-refractivity contribution in [1.29, 1.82) is 0 Å². The summed E-state index contributed by atoms with van der Waals surface area (Å²) in [5, 5.41) is 12.4. The minimum atomic E-state index is -1.37. The van der Waals surface area contributed by atoms with Crippen molar-refractivity contribution in [2.75, 3.05) is 21.7 Å². The van der Waals surface area contributed by atoms with E-state index in [4.69, 9.17) is 25.7 Å². The van der Waals surface area contributed by atoms with E-state index in [1.54, 1.807) is 18.0 Å². The number of para-hydroxylation sites is 6. The summed E-state index contributed by atoms with van der Waals surface area (Å²) in [5.41, 5.74) is 21.9. The Labute approximate surface area is 822 Å². The van der Waals surface area contributed by atoms with E-state index in [0.29, 0.717) is 0 Å². The van der Waals surface area contributed by atoms with Gasteiger partial charge in [-0.05, 0) is 95.4 Å². The molecule has 2 unspecified atom stereocenters. The van der Waals surface area contributed by atoms with Crippen molar-refractivity contribution < 1.29 is 80.9 Å². The number of benzene rings is 13. The summed E-state index contributed by atoms with van der Waals surface area (Å²) >= 11 is 3.60. The van der Waals surface area contributed by atoms with Gasteiger partial charge in [-0.25, -0.2) is 15.3 Å². The van der Waals surface area contributed by atoms with Crippen LogP contribution in [0, 0.1) is 43.1 Å². The van der Waals surface area contributed by atoms with Crippen LogP contribution in [0.25, 0.3) is 105 Å². The van der Waals surface area contributed by atoms with Gasteiger partial charge >= 0.3 is 0 Å². The molecule has 9 aromatic heterocycles. The number of hydrogen-bond acceptors (Lipinski definition) is 10. The van der Waals surface area contributed by atoms with E-state index in [9.17, 15) is 0 Å². The molecule has 0 aliphatic carbocycles. The van der Waals surface area contributed by atoms with Crippen LogP contribution in [0.4, 0.5) is 45.6 Å². The average molecular weight is 2050 g/mol. The van der Waals surface area contributed by atoms with Gasteiger partial charge in [0.25, 0.3) is 0 Å². The maximum absolute atomic E-state index is 6.54. The molecule has 0 spiro atoms. The number of aromatic nitrogens is 8. The second-order valence-electron chi connectivity index (χ2n) is 32.3. The van der Waals surface area contributed by atoms with Gasteiger partial charge in [-0.3, -0.25) is 9.55 Å². The molecular formula is C112H74Ag3N11O2PS2Si-7. The van der Waals surface area contributed by atoms with Crippen LogP contribution >= 0.6 is 31.4 Å². The molecule has 0 bridgehead atoms. The molecule has 26 rings (SSSR count). The Kier molecular flexibility index (Phi) is 23.2. The Morgan fingerprint density at radius 1 is 0.530 bits per heavy atom. The number of ether oxygens (including phenoxy) is 1. The third-order valence-electron chi connectivity index (χ3n) is 24.6. The van der Waals surface area contributed by atoms with Crippen molar-refractivity contribution in [3.8, 4) is 50.9 Å². The van der Waals surface area contributed by atoms with Crippen LogP contribution in [-0.4, -0.2) is 49.1 Å². The fourth-order valence-corrected chi connectivity index (χ4v) is 26.4. The Bertz CT molecular complexity index is 8200.